The van der Waals surface area contributed by atoms with Gasteiger partial charge in [0.15, 0.2) is 11.5 Å². The van der Waals surface area contributed by atoms with Crippen molar-refractivity contribution in [3.05, 3.63) is 23.8 Å². The summed E-state index contributed by atoms with van der Waals surface area (Å²) in [5.74, 6) is 4.06. The van der Waals surface area contributed by atoms with Crippen LogP contribution in [0.1, 0.15) is 18.4 Å². The number of hydrogen-bond donors (Lipinski definition) is 0. The third kappa shape index (κ3) is 1.82. The van der Waals surface area contributed by atoms with E-state index >= 15 is 0 Å². The van der Waals surface area contributed by atoms with Crippen LogP contribution in [0, 0.1) is 12.3 Å². The molecule has 1 aromatic carbocycles. The summed E-state index contributed by atoms with van der Waals surface area (Å²) in [6.45, 7) is 0. The SMILES string of the molecule is C#Cc1ccc(OC2CC2)c(OC)c1. The molecule has 0 N–H and O–H groups in total. The fourth-order valence-corrected chi connectivity index (χ4v) is 1.22. The van der Waals surface area contributed by atoms with Gasteiger partial charge in [0.1, 0.15) is 0 Å². The van der Waals surface area contributed by atoms with E-state index in [0.29, 0.717) is 11.9 Å². The highest BCUT2D eigenvalue weighted by Gasteiger charge is 2.24. The zero-order valence-electron chi connectivity index (χ0n) is 8.12. The van der Waals surface area contributed by atoms with E-state index in [4.69, 9.17) is 15.9 Å². The van der Waals surface area contributed by atoms with Gasteiger partial charge >= 0.3 is 0 Å². The summed E-state index contributed by atoms with van der Waals surface area (Å²) in [4.78, 5) is 0. The molecule has 1 fully saturated rings. The lowest BCUT2D eigenvalue weighted by atomic mass is 10.2. The summed E-state index contributed by atoms with van der Waals surface area (Å²) in [7, 11) is 1.62. The summed E-state index contributed by atoms with van der Waals surface area (Å²) in [5.41, 5.74) is 0.810. The molecule has 1 aromatic rings. The number of methoxy groups -OCH3 is 1. The maximum absolute atomic E-state index is 5.65. The largest absolute Gasteiger partial charge is 0.493 e. The monoisotopic (exact) mass is 188 g/mol. The lowest BCUT2D eigenvalue weighted by Gasteiger charge is -2.09. The summed E-state index contributed by atoms with van der Waals surface area (Å²) < 4.78 is 10.8. The van der Waals surface area contributed by atoms with E-state index in [0.717, 1.165) is 24.2 Å². The molecule has 1 aliphatic carbocycles. The van der Waals surface area contributed by atoms with Gasteiger partial charge in [-0.15, -0.1) is 6.42 Å². The standard InChI is InChI=1S/C12H12O2/c1-3-9-4-7-11(12(8-9)13-2)14-10-5-6-10/h1,4,7-8,10H,5-6H2,2H3. The summed E-state index contributed by atoms with van der Waals surface area (Å²) in [5, 5.41) is 0. The minimum Gasteiger partial charge on any atom is -0.493 e. The molecule has 72 valence electrons. The number of ether oxygens (including phenoxy) is 2. The highest BCUT2D eigenvalue weighted by molar-refractivity contribution is 5.47. The molecule has 2 heteroatoms. The van der Waals surface area contributed by atoms with Crippen LogP contribution in [0.3, 0.4) is 0 Å². The smallest absolute Gasteiger partial charge is 0.161 e. The first-order chi connectivity index (χ1) is 6.83. The van der Waals surface area contributed by atoms with E-state index in [1.54, 1.807) is 7.11 Å². The molecule has 1 aliphatic rings. The van der Waals surface area contributed by atoms with E-state index in [2.05, 4.69) is 5.92 Å². The van der Waals surface area contributed by atoms with Gasteiger partial charge in [-0.05, 0) is 31.0 Å². The molecular formula is C12H12O2. The number of benzene rings is 1. The number of rotatable bonds is 3. The Labute approximate surface area is 83.8 Å². The van der Waals surface area contributed by atoms with Crippen LogP contribution in [0.5, 0.6) is 11.5 Å². The predicted molar refractivity (Wildman–Crippen MR) is 54.6 cm³/mol. The van der Waals surface area contributed by atoms with Crippen molar-refractivity contribution in [3.8, 4) is 23.8 Å². The fraction of sp³-hybridized carbons (Fsp3) is 0.333. The molecule has 2 nitrogen and oxygen atoms in total. The van der Waals surface area contributed by atoms with Crippen LogP contribution in [0.2, 0.25) is 0 Å². The first-order valence-electron chi connectivity index (χ1n) is 4.65. The van der Waals surface area contributed by atoms with Gasteiger partial charge in [0.25, 0.3) is 0 Å². The van der Waals surface area contributed by atoms with Crippen LogP contribution < -0.4 is 9.47 Å². The third-order valence-electron chi connectivity index (χ3n) is 2.15. The first kappa shape index (κ1) is 8.96. The van der Waals surface area contributed by atoms with Gasteiger partial charge in [-0.1, -0.05) is 5.92 Å². The van der Waals surface area contributed by atoms with E-state index in [-0.39, 0.29) is 0 Å². The van der Waals surface area contributed by atoms with Crippen molar-refractivity contribution in [1.82, 2.24) is 0 Å². The van der Waals surface area contributed by atoms with Gasteiger partial charge in [-0.3, -0.25) is 0 Å². The van der Waals surface area contributed by atoms with Gasteiger partial charge < -0.3 is 9.47 Å². The maximum Gasteiger partial charge on any atom is 0.161 e. The van der Waals surface area contributed by atoms with Gasteiger partial charge in [0.2, 0.25) is 0 Å². The zero-order chi connectivity index (χ0) is 9.97. The van der Waals surface area contributed by atoms with Crippen LogP contribution in [0.4, 0.5) is 0 Å². The van der Waals surface area contributed by atoms with Gasteiger partial charge in [-0.2, -0.15) is 0 Å². The third-order valence-corrected chi connectivity index (χ3v) is 2.15. The Morgan fingerprint density at radius 2 is 2.14 bits per heavy atom. The quantitative estimate of drug-likeness (QED) is 0.677. The van der Waals surface area contributed by atoms with Crippen LogP contribution in [0.25, 0.3) is 0 Å². The Morgan fingerprint density at radius 3 is 2.71 bits per heavy atom. The van der Waals surface area contributed by atoms with Gasteiger partial charge in [0, 0.05) is 5.56 Å². The minimum atomic E-state index is 0.376. The van der Waals surface area contributed by atoms with Crippen molar-refractivity contribution < 1.29 is 9.47 Å². The Balaban J connectivity index is 2.25. The Morgan fingerprint density at radius 1 is 1.36 bits per heavy atom. The minimum absolute atomic E-state index is 0.376. The normalized spacial score (nSPS) is 14.6. The molecule has 14 heavy (non-hydrogen) atoms. The molecule has 0 unspecified atom stereocenters. The van der Waals surface area contributed by atoms with Crippen LogP contribution in [0.15, 0.2) is 18.2 Å². The molecule has 0 spiro atoms. The molecule has 2 rings (SSSR count). The Bertz CT molecular complexity index is 372. The van der Waals surface area contributed by atoms with E-state index < -0.39 is 0 Å². The average molecular weight is 188 g/mol. The zero-order valence-corrected chi connectivity index (χ0v) is 8.12. The first-order valence-corrected chi connectivity index (χ1v) is 4.65. The van der Waals surface area contributed by atoms with Gasteiger partial charge in [-0.25, -0.2) is 0 Å². The summed E-state index contributed by atoms with van der Waals surface area (Å²) in [6, 6.07) is 5.55. The molecule has 0 bridgehead atoms. The second-order valence-electron chi connectivity index (χ2n) is 3.33. The number of hydrogen-bond acceptors (Lipinski definition) is 2. The molecule has 0 amide bonds. The highest BCUT2D eigenvalue weighted by atomic mass is 16.5. The molecule has 0 heterocycles. The molecule has 0 saturated heterocycles. The van der Waals surface area contributed by atoms with E-state index in [1.807, 2.05) is 18.2 Å². The van der Waals surface area contributed by atoms with Crippen molar-refractivity contribution in [3.63, 3.8) is 0 Å². The molecule has 0 aromatic heterocycles. The second kappa shape index (κ2) is 3.63. The molecule has 0 atom stereocenters. The Hall–Kier alpha value is -1.62. The predicted octanol–water partition coefficient (Wildman–Crippen LogP) is 2.22. The van der Waals surface area contributed by atoms with Crippen molar-refractivity contribution in [2.75, 3.05) is 7.11 Å². The van der Waals surface area contributed by atoms with Crippen LogP contribution in [-0.4, -0.2) is 13.2 Å². The van der Waals surface area contributed by atoms with Gasteiger partial charge in [0.05, 0.1) is 13.2 Å². The Kier molecular flexibility index (Phi) is 2.32. The van der Waals surface area contributed by atoms with E-state index in [9.17, 15) is 0 Å². The van der Waals surface area contributed by atoms with Crippen molar-refractivity contribution >= 4 is 0 Å². The lowest BCUT2D eigenvalue weighted by Crippen LogP contribution is -1.98. The summed E-state index contributed by atoms with van der Waals surface area (Å²) in [6.07, 6.45) is 7.94. The summed E-state index contributed by atoms with van der Waals surface area (Å²) >= 11 is 0. The van der Waals surface area contributed by atoms with Crippen molar-refractivity contribution in [2.45, 2.75) is 18.9 Å². The fourth-order valence-electron chi connectivity index (χ4n) is 1.22. The van der Waals surface area contributed by atoms with E-state index in [1.165, 1.54) is 0 Å². The highest BCUT2D eigenvalue weighted by Crippen LogP contribution is 2.33. The topological polar surface area (TPSA) is 18.5 Å². The molecule has 0 radical (unpaired) electrons. The lowest BCUT2D eigenvalue weighted by molar-refractivity contribution is 0.282. The van der Waals surface area contributed by atoms with Crippen LogP contribution >= 0.6 is 0 Å². The molecule has 0 aliphatic heterocycles. The number of terminal acetylenes is 1. The van der Waals surface area contributed by atoms with Crippen LogP contribution in [-0.2, 0) is 0 Å². The molecular weight excluding hydrogens is 176 g/mol. The maximum atomic E-state index is 5.65. The second-order valence-corrected chi connectivity index (χ2v) is 3.33. The van der Waals surface area contributed by atoms with Crippen molar-refractivity contribution in [2.24, 2.45) is 0 Å². The van der Waals surface area contributed by atoms with Crippen molar-refractivity contribution in [1.29, 1.82) is 0 Å². The average Bonchev–Trinajstić information content (AvgIpc) is 3.02. The molecule has 1 saturated carbocycles.